The van der Waals surface area contributed by atoms with Gasteiger partial charge in [-0.15, -0.1) is 0 Å². The summed E-state index contributed by atoms with van der Waals surface area (Å²) in [5.74, 6) is 0.800. The Morgan fingerprint density at radius 2 is 1.84 bits per heavy atom. The number of nitrogens with zero attached hydrogens (tertiary/aromatic N) is 1. The van der Waals surface area contributed by atoms with E-state index in [1.165, 1.54) is 32.1 Å². The van der Waals surface area contributed by atoms with Gasteiger partial charge in [0.2, 0.25) is 5.91 Å². The van der Waals surface area contributed by atoms with Gasteiger partial charge < -0.3 is 10.6 Å². The molecule has 108 valence electrons. The monoisotopic (exact) mass is 282 g/mol. The summed E-state index contributed by atoms with van der Waals surface area (Å²) in [7, 11) is 0. The van der Waals surface area contributed by atoms with Gasteiger partial charge in [0, 0.05) is 12.6 Å². The van der Waals surface area contributed by atoms with E-state index in [4.69, 9.17) is 18.0 Å². The van der Waals surface area contributed by atoms with Gasteiger partial charge >= 0.3 is 0 Å². The third-order valence-electron chi connectivity index (χ3n) is 4.77. The van der Waals surface area contributed by atoms with Crippen molar-refractivity contribution in [2.75, 3.05) is 6.54 Å². The molecule has 0 spiro atoms. The van der Waals surface area contributed by atoms with Crippen molar-refractivity contribution in [3.63, 3.8) is 0 Å². The molecule has 0 aromatic carbocycles. The van der Waals surface area contributed by atoms with Crippen LogP contribution in [0.3, 0.4) is 0 Å². The SMILES string of the molecule is CC(C)C(C(=O)N1CCCC1C1CCCC1)C(N)=S. The smallest absolute Gasteiger partial charge is 0.233 e. The van der Waals surface area contributed by atoms with E-state index in [2.05, 4.69) is 4.90 Å². The molecule has 2 atom stereocenters. The molecule has 1 aliphatic heterocycles. The van der Waals surface area contributed by atoms with E-state index in [0.29, 0.717) is 16.9 Å². The zero-order valence-corrected chi connectivity index (χ0v) is 12.9. The normalized spacial score (nSPS) is 26.1. The van der Waals surface area contributed by atoms with Crippen LogP contribution in [-0.2, 0) is 4.79 Å². The van der Waals surface area contributed by atoms with Crippen molar-refractivity contribution >= 4 is 23.1 Å². The third-order valence-corrected chi connectivity index (χ3v) is 5.02. The Labute approximate surface area is 121 Å². The van der Waals surface area contributed by atoms with Crippen LogP contribution < -0.4 is 5.73 Å². The fraction of sp³-hybridized carbons (Fsp3) is 0.867. The summed E-state index contributed by atoms with van der Waals surface area (Å²) in [5.41, 5.74) is 5.79. The Kier molecular flexibility index (Phi) is 4.82. The minimum atomic E-state index is -0.281. The summed E-state index contributed by atoms with van der Waals surface area (Å²) in [6.45, 7) is 4.95. The fourth-order valence-corrected chi connectivity index (χ4v) is 4.19. The van der Waals surface area contributed by atoms with Crippen LogP contribution in [0.4, 0.5) is 0 Å². The molecule has 2 rings (SSSR count). The van der Waals surface area contributed by atoms with Crippen LogP contribution in [0.15, 0.2) is 0 Å². The summed E-state index contributed by atoms with van der Waals surface area (Å²) in [6, 6.07) is 0.450. The predicted molar refractivity (Wildman–Crippen MR) is 81.8 cm³/mol. The maximum Gasteiger partial charge on any atom is 0.233 e. The summed E-state index contributed by atoms with van der Waals surface area (Å²) in [4.78, 5) is 15.2. The first kappa shape index (κ1) is 14.8. The van der Waals surface area contributed by atoms with Gasteiger partial charge in [0.05, 0.1) is 10.9 Å². The number of nitrogens with two attached hydrogens (primary N) is 1. The number of amides is 1. The largest absolute Gasteiger partial charge is 0.393 e. The van der Waals surface area contributed by atoms with Crippen molar-refractivity contribution in [2.24, 2.45) is 23.5 Å². The summed E-state index contributed by atoms with van der Waals surface area (Å²) in [6.07, 6.45) is 7.52. The highest BCUT2D eigenvalue weighted by Gasteiger charge is 2.39. The first-order valence-electron chi connectivity index (χ1n) is 7.62. The predicted octanol–water partition coefficient (Wildman–Crippen LogP) is 2.73. The molecule has 1 aliphatic carbocycles. The molecule has 3 nitrogen and oxygen atoms in total. The van der Waals surface area contributed by atoms with Gasteiger partial charge in [-0.2, -0.15) is 0 Å². The van der Waals surface area contributed by atoms with Gasteiger partial charge in [-0.3, -0.25) is 4.79 Å². The van der Waals surface area contributed by atoms with E-state index in [1.807, 2.05) is 13.8 Å². The average molecular weight is 282 g/mol. The third kappa shape index (κ3) is 3.10. The summed E-state index contributed by atoms with van der Waals surface area (Å²) in [5, 5.41) is 0. The van der Waals surface area contributed by atoms with Crippen LogP contribution in [0, 0.1) is 17.8 Å². The maximum absolute atomic E-state index is 12.8. The van der Waals surface area contributed by atoms with Crippen molar-refractivity contribution < 1.29 is 4.79 Å². The lowest BCUT2D eigenvalue weighted by Gasteiger charge is -2.33. The zero-order valence-electron chi connectivity index (χ0n) is 12.1. The highest BCUT2D eigenvalue weighted by Crippen LogP contribution is 2.36. The molecule has 0 bridgehead atoms. The van der Waals surface area contributed by atoms with Crippen LogP contribution in [0.1, 0.15) is 52.4 Å². The minimum Gasteiger partial charge on any atom is -0.393 e. The summed E-state index contributed by atoms with van der Waals surface area (Å²) < 4.78 is 0. The number of likely N-dealkylation sites (tertiary alicyclic amines) is 1. The molecule has 1 saturated heterocycles. The quantitative estimate of drug-likeness (QED) is 0.807. The molecular formula is C15H26N2OS. The van der Waals surface area contributed by atoms with E-state index in [0.717, 1.165) is 13.0 Å². The Morgan fingerprint density at radius 1 is 1.21 bits per heavy atom. The molecule has 1 heterocycles. The van der Waals surface area contributed by atoms with Crippen molar-refractivity contribution in [3.8, 4) is 0 Å². The minimum absolute atomic E-state index is 0.178. The summed E-state index contributed by atoms with van der Waals surface area (Å²) >= 11 is 5.11. The Hall–Kier alpha value is -0.640. The molecule has 2 unspecified atom stereocenters. The van der Waals surface area contributed by atoms with E-state index in [1.54, 1.807) is 0 Å². The van der Waals surface area contributed by atoms with Gasteiger partial charge in [0.25, 0.3) is 0 Å². The highest BCUT2D eigenvalue weighted by molar-refractivity contribution is 7.80. The lowest BCUT2D eigenvalue weighted by atomic mass is 9.91. The zero-order chi connectivity index (χ0) is 14.0. The first-order chi connectivity index (χ1) is 9.02. The Bertz CT molecular complexity index is 350. The lowest BCUT2D eigenvalue weighted by Crippen LogP contribution is -2.47. The molecule has 2 aliphatic rings. The first-order valence-corrected chi connectivity index (χ1v) is 8.03. The molecule has 2 fully saturated rings. The molecule has 0 radical (unpaired) electrons. The lowest BCUT2D eigenvalue weighted by molar-refractivity contribution is -0.136. The fourth-order valence-electron chi connectivity index (χ4n) is 3.81. The molecule has 0 aromatic rings. The molecule has 4 heteroatoms. The molecule has 1 amide bonds. The second kappa shape index (κ2) is 6.21. The number of carbonyl (C=O) groups excluding carboxylic acids is 1. The second-order valence-corrected chi connectivity index (χ2v) is 6.88. The van der Waals surface area contributed by atoms with Gasteiger partial charge in [-0.1, -0.05) is 38.9 Å². The van der Waals surface area contributed by atoms with Crippen LogP contribution in [-0.4, -0.2) is 28.4 Å². The molecule has 19 heavy (non-hydrogen) atoms. The number of thiocarbonyl (C=S) groups is 1. The van der Waals surface area contributed by atoms with E-state index < -0.39 is 0 Å². The number of carbonyl (C=O) groups is 1. The van der Waals surface area contributed by atoms with Gasteiger partial charge in [-0.05, 0) is 37.5 Å². The van der Waals surface area contributed by atoms with E-state index >= 15 is 0 Å². The topological polar surface area (TPSA) is 46.3 Å². The molecule has 1 saturated carbocycles. The molecule has 0 aromatic heterocycles. The van der Waals surface area contributed by atoms with Crippen molar-refractivity contribution in [1.29, 1.82) is 0 Å². The number of hydrogen-bond donors (Lipinski definition) is 1. The van der Waals surface area contributed by atoms with Crippen molar-refractivity contribution in [2.45, 2.75) is 58.4 Å². The van der Waals surface area contributed by atoms with Crippen LogP contribution in [0.25, 0.3) is 0 Å². The van der Waals surface area contributed by atoms with Gasteiger partial charge in [-0.25, -0.2) is 0 Å². The number of hydrogen-bond acceptors (Lipinski definition) is 2. The van der Waals surface area contributed by atoms with Crippen LogP contribution in [0.2, 0.25) is 0 Å². The van der Waals surface area contributed by atoms with Crippen LogP contribution in [0.5, 0.6) is 0 Å². The standard InChI is InChI=1S/C15H26N2OS/c1-10(2)13(14(16)19)15(18)17-9-5-8-12(17)11-6-3-4-7-11/h10-13H,3-9H2,1-2H3,(H2,16,19). The Morgan fingerprint density at radius 3 is 2.37 bits per heavy atom. The van der Waals surface area contributed by atoms with Gasteiger partial charge in [0.15, 0.2) is 0 Å². The van der Waals surface area contributed by atoms with Crippen molar-refractivity contribution in [1.82, 2.24) is 4.90 Å². The molecular weight excluding hydrogens is 256 g/mol. The van der Waals surface area contributed by atoms with Gasteiger partial charge in [0.1, 0.15) is 0 Å². The number of rotatable bonds is 4. The van der Waals surface area contributed by atoms with E-state index in [-0.39, 0.29) is 17.7 Å². The van der Waals surface area contributed by atoms with E-state index in [9.17, 15) is 4.79 Å². The molecule has 2 N–H and O–H groups in total. The van der Waals surface area contributed by atoms with Crippen LogP contribution >= 0.6 is 12.2 Å². The second-order valence-electron chi connectivity index (χ2n) is 6.41. The Balaban J connectivity index is 2.10. The average Bonchev–Trinajstić information content (AvgIpc) is 2.98. The maximum atomic E-state index is 12.8. The highest BCUT2D eigenvalue weighted by atomic mass is 32.1. The van der Waals surface area contributed by atoms with Crippen molar-refractivity contribution in [3.05, 3.63) is 0 Å².